The zero-order chi connectivity index (χ0) is 22.5. The van der Waals surface area contributed by atoms with E-state index in [-0.39, 0.29) is 41.7 Å². The lowest BCUT2D eigenvalue weighted by atomic mass is 9.83. The molecular weight excluding hydrogens is 394 g/mol. The number of esters is 1. The number of cyclic esters (lactones) is 1. The number of hydrogen-bond donors (Lipinski definition) is 3. The van der Waals surface area contributed by atoms with Gasteiger partial charge >= 0.3 is 5.97 Å². The number of carbonyl (C=O) groups is 3. The van der Waals surface area contributed by atoms with E-state index in [0.29, 0.717) is 5.92 Å². The lowest BCUT2D eigenvalue weighted by Gasteiger charge is -2.37. The van der Waals surface area contributed by atoms with Gasteiger partial charge < -0.3 is 21.1 Å². The van der Waals surface area contributed by atoms with E-state index in [0.717, 1.165) is 32.1 Å². The number of rotatable bonds is 11. The van der Waals surface area contributed by atoms with Gasteiger partial charge in [0.25, 0.3) is 5.91 Å². The molecule has 170 valence electrons. The first-order valence-corrected chi connectivity index (χ1v) is 11.4. The summed E-state index contributed by atoms with van der Waals surface area (Å²) in [6.07, 6.45) is 3.50. The van der Waals surface area contributed by atoms with Crippen molar-refractivity contribution >= 4 is 17.8 Å². The molecule has 1 saturated carbocycles. The highest BCUT2D eigenvalue weighted by Crippen LogP contribution is 2.37. The summed E-state index contributed by atoms with van der Waals surface area (Å²) in [5.74, 6) is -0.540. The normalized spacial score (nSPS) is 27.3. The Balaban J connectivity index is 1.50. The molecule has 0 bridgehead atoms. The van der Waals surface area contributed by atoms with Crippen LogP contribution < -0.4 is 16.4 Å². The maximum atomic E-state index is 12.6. The van der Waals surface area contributed by atoms with Gasteiger partial charge in [-0.15, -0.1) is 0 Å². The van der Waals surface area contributed by atoms with Gasteiger partial charge in [0.05, 0.1) is 6.04 Å². The number of ether oxygens (including phenoxy) is 1. The van der Waals surface area contributed by atoms with Crippen LogP contribution in [0.2, 0.25) is 0 Å². The van der Waals surface area contributed by atoms with Crippen LogP contribution in [-0.2, 0) is 25.5 Å². The van der Waals surface area contributed by atoms with Crippen molar-refractivity contribution in [3.05, 3.63) is 35.9 Å². The standard InChI is InChI=1S/C24H35N3O4/c1-4-14(2)20-21(31-24(20)30)23(29)27-19-13-17(19)12-18(26-22(28)15(3)25)11-10-16-8-6-5-7-9-16/h5-9,14-15,17-21H,4,10-13,25H2,1-3H3,(H,26,28)(H,27,29)/t14-,15-,17-,18+,19-,20-,21+/m0/s1. The molecule has 1 aliphatic carbocycles. The van der Waals surface area contributed by atoms with Crippen LogP contribution in [0.4, 0.5) is 0 Å². The highest BCUT2D eigenvalue weighted by atomic mass is 16.6. The van der Waals surface area contributed by atoms with Gasteiger partial charge in [-0.05, 0) is 50.0 Å². The van der Waals surface area contributed by atoms with E-state index in [2.05, 4.69) is 22.8 Å². The van der Waals surface area contributed by atoms with Gasteiger partial charge in [0, 0.05) is 12.1 Å². The van der Waals surface area contributed by atoms with Crippen LogP contribution in [0.5, 0.6) is 0 Å². The molecule has 7 heteroatoms. The number of aryl methyl sites for hydroxylation is 1. The molecular formula is C24H35N3O4. The fourth-order valence-corrected chi connectivity index (χ4v) is 4.21. The highest BCUT2D eigenvalue weighted by Gasteiger charge is 2.51. The maximum absolute atomic E-state index is 12.6. The van der Waals surface area contributed by atoms with E-state index in [1.807, 2.05) is 32.0 Å². The van der Waals surface area contributed by atoms with Crippen LogP contribution in [0.1, 0.15) is 52.0 Å². The third-order valence-electron chi connectivity index (χ3n) is 6.58. The Bertz CT molecular complexity index is 782. The van der Waals surface area contributed by atoms with Crippen LogP contribution in [0, 0.1) is 17.8 Å². The van der Waals surface area contributed by atoms with Gasteiger partial charge in [-0.25, -0.2) is 0 Å². The smallest absolute Gasteiger partial charge is 0.314 e. The van der Waals surface area contributed by atoms with Crippen molar-refractivity contribution in [2.24, 2.45) is 23.5 Å². The van der Waals surface area contributed by atoms with Crippen molar-refractivity contribution in [3.8, 4) is 0 Å². The monoisotopic (exact) mass is 429 g/mol. The van der Waals surface area contributed by atoms with Crippen molar-refractivity contribution in [3.63, 3.8) is 0 Å². The van der Waals surface area contributed by atoms with E-state index in [1.165, 1.54) is 5.56 Å². The molecule has 31 heavy (non-hydrogen) atoms. The Morgan fingerprint density at radius 3 is 2.55 bits per heavy atom. The van der Waals surface area contributed by atoms with Gasteiger partial charge in [-0.2, -0.15) is 0 Å². The summed E-state index contributed by atoms with van der Waals surface area (Å²) < 4.78 is 5.13. The first-order valence-electron chi connectivity index (χ1n) is 11.4. The van der Waals surface area contributed by atoms with Crippen LogP contribution >= 0.6 is 0 Å². The molecule has 7 nitrogen and oxygen atoms in total. The largest absolute Gasteiger partial charge is 0.451 e. The molecule has 2 fully saturated rings. The number of hydrogen-bond acceptors (Lipinski definition) is 5. The summed E-state index contributed by atoms with van der Waals surface area (Å²) in [7, 11) is 0. The van der Waals surface area contributed by atoms with Crippen LogP contribution in [0.25, 0.3) is 0 Å². The van der Waals surface area contributed by atoms with E-state index in [4.69, 9.17) is 10.5 Å². The summed E-state index contributed by atoms with van der Waals surface area (Å²) in [4.78, 5) is 36.5. The summed E-state index contributed by atoms with van der Waals surface area (Å²) in [5, 5.41) is 6.10. The molecule has 2 amide bonds. The van der Waals surface area contributed by atoms with Crippen LogP contribution in [0.3, 0.4) is 0 Å². The van der Waals surface area contributed by atoms with Gasteiger partial charge in [0.1, 0.15) is 5.92 Å². The Labute approximate surface area is 184 Å². The van der Waals surface area contributed by atoms with Gasteiger partial charge in [-0.1, -0.05) is 50.6 Å². The quantitative estimate of drug-likeness (QED) is 0.466. The number of nitrogens with one attached hydrogen (secondary N) is 2. The predicted molar refractivity (Wildman–Crippen MR) is 118 cm³/mol. The topological polar surface area (TPSA) is 111 Å². The van der Waals surface area contributed by atoms with Crippen molar-refractivity contribution in [1.82, 2.24) is 10.6 Å². The second-order valence-corrected chi connectivity index (χ2v) is 9.13. The van der Waals surface area contributed by atoms with Gasteiger partial charge in [-0.3, -0.25) is 14.4 Å². The Morgan fingerprint density at radius 2 is 1.94 bits per heavy atom. The minimum atomic E-state index is -0.671. The van der Waals surface area contributed by atoms with Crippen LogP contribution in [-0.4, -0.2) is 42.0 Å². The first kappa shape index (κ1) is 23.3. The van der Waals surface area contributed by atoms with E-state index in [1.54, 1.807) is 6.92 Å². The molecule has 1 aromatic rings. The van der Waals surface area contributed by atoms with Gasteiger partial charge in [0.2, 0.25) is 5.91 Å². The molecule has 1 saturated heterocycles. The van der Waals surface area contributed by atoms with E-state index < -0.39 is 12.1 Å². The van der Waals surface area contributed by atoms with Crippen molar-refractivity contribution in [2.75, 3.05) is 0 Å². The number of amides is 2. The lowest BCUT2D eigenvalue weighted by molar-refractivity contribution is -0.193. The van der Waals surface area contributed by atoms with Crippen molar-refractivity contribution in [1.29, 1.82) is 0 Å². The van der Waals surface area contributed by atoms with Crippen molar-refractivity contribution < 1.29 is 19.1 Å². The molecule has 0 unspecified atom stereocenters. The number of carbonyl (C=O) groups excluding carboxylic acids is 3. The molecule has 0 spiro atoms. The lowest BCUT2D eigenvalue weighted by Crippen LogP contribution is -2.56. The SMILES string of the molecule is CC[C@H](C)[C@@H]1C(=O)O[C@H]1C(=O)N[C@H]1C[C@@H]1C[C@@H](CCc1ccccc1)NC(=O)[C@H](C)N. The molecule has 7 atom stereocenters. The molecule has 3 rings (SSSR count). The highest BCUT2D eigenvalue weighted by molar-refractivity contribution is 5.94. The summed E-state index contributed by atoms with van der Waals surface area (Å²) in [5.41, 5.74) is 6.96. The third-order valence-corrected chi connectivity index (χ3v) is 6.58. The van der Waals surface area contributed by atoms with Crippen LogP contribution in [0.15, 0.2) is 30.3 Å². The molecule has 1 aliphatic heterocycles. The number of nitrogens with two attached hydrogens (primary N) is 1. The third kappa shape index (κ3) is 6.06. The number of benzene rings is 1. The molecule has 0 radical (unpaired) electrons. The Morgan fingerprint density at radius 1 is 1.23 bits per heavy atom. The zero-order valence-electron chi connectivity index (χ0n) is 18.7. The second-order valence-electron chi connectivity index (χ2n) is 9.13. The second kappa shape index (κ2) is 10.3. The average Bonchev–Trinajstić information content (AvgIpc) is 3.47. The molecule has 1 heterocycles. The fourth-order valence-electron chi connectivity index (χ4n) is 4.21. The zero-order valence-corrected chi connectivity index (χ0v) is 18.7. The first-order chi connectivity index (χ1) is 14.8. The summed E-state index contributed by atoms with van der Waals surface area (Å²) >= 11 is 0. The summed E-state index contributed by atoms with van der Waals surface area (Å²) in [6, 6.07) is 9.68. The molecule has 4 N–H and O–H groups in total. The average molecular weight is 430 g/mol. The Kier molecular flexibility index (Phi) is 7.70. The maximum Gasteiger partial charge on any atom is 0.314 e. The minimum Gasteiger partial charge on any atom is -0.451 e. The predicted octanol–water partition coefficient (Wildman–Crippen LogP) is 1.93. The molecule has 1 aromatic carbocycles. The molecule has 2 aliphatic rings. The van der Waals surface area contributed by atoms with Crippen molar-refractivity contribution in [2.45, 2.75) is 77.1 Å². The van der Waals surface area contributed by atoms with Gasteiger partial charge in [0.15, 0.2) is 6.10 Å². The van der Waals surface area contributed by atoms with E-state index >= 15 is 0 Å². The minimum absolute atomic E-state index is 0.000000746. The molecule has 0 aromatic heterocycles. The summed E-state index contributed by atoms with van der Waals surface area (Å²) in [6.45, 7) is 5.66. The van der Waals surface area contributed by atoms with E-state index in [9.17, 15) is 14.4 Å². The Hall–Kier alpha value is -2.41. The fraction of sp³-hybridized carbons (Fsp3) is 0.625.